The van der Waals surface area contributed by atoms with E-state index in [0.717, 1.165) is 21.8 Å². The number of hydrogen-bond acceptors (Lipinski definition) is 4. The zero-order valence-corrected chi connectivity index (χ0v) is 15.2. The van der Waals surface area contributed by atoms with Gasteiger partial charge in [0, 0.05) is 16.8 Å². The van der Waals surface area contributed by atoms with Gasteiger partial charge >= 0.3 is 0 Å². The van der Waals surface area contributed by atoms with E-state index in [1.54, 1.807) is 18.4 Å². The Hall–Kier alpha value is -1.56. The molecule has 0 aliphatic carbocycles. The minimum absolute atomic E-state index is 0. The van der Waals surface area contributed by atoms with Gasteiger partial charge in [0.05, 0.1) is 13.7 Å². The maximum absolute atomic E-state index is 11.9. The van der Waals surface area contributed by atoms with E-state index in [-0.39, 0.29) is 30.3 Å². The second-order valence-electron chi connectivity index (χ2n) is 5.40. The lowest BCUT2D eigenvalue weighted by Crippen LogP contribution is -2.38. The molecule has 0 radical (unpaired) electrons. The van der Waals surface area contributed by atoms with Crippen molar-refractivity contribution in [3.8, 4) is 16.9 Å². The zero-order valence-electron chi connectivity index (χ0n) is 13.5. The maximum Gasteiger partial charge on any atom is 0.224 e. The fraction of sp³-hybridized carbons (Fsp3) is 0.353. The van der Waals surface area contributed by atoms with Gasteiger partial charge in [-0.3, -0.25) is 4.79 Å². The third-order valence-corrected chi connectivity index (χ3v) is 4.65. The molecule has 0 aliphatic heterocycles. The molecule has 1 aromatic heterocycles. The summed E-state index contributed by atoms with van der Waals surface area (Å²) in [5, 5.41) is 5.03. The second kappa shape index (κ2) is 8.91. The molecule has 1 aromatic carbocycles. The molecule has 0 aliphatic rings. The first-order chi connectivity index (χ1) is 10.5. The highest BCUT2D eigenvalue weighted by Gasteiger charge is 2.16. The summed E-state index contributed by atoms with van der Waals surface area (Å²) in [7, 11) is 1.66. The van der Waals surface area contributed by atoms with Gasteiger partial charge in [0.25, 0.3) is 0 Å². The number of thiophene rings is 1. The van der Waals surface area contributed by atoms with Gasteiger partial charge in [-0.25, -0.2) is 0 Å². The van der Waals surface area contributed by atoms with E-state index >= 15 is 0 Å². The van der Waals surface area contributed by atoms with E-state index in [1.165, 1.54) is 0 Å². The molecule has 2 atom stereocenters. The van der Waals surface area contributed by atoms with Crippen molar-refractivity contribution < 1.29 is 9.53 Å². The van der Waals surface area contributed by atoms with Crippen LogP contribution >= 0.6 is 23.7 Å². The molecule has 2 rings (SSSR count). The maximum atomic E-state index is 11.9. The van der Waals surface area contributed by atoms with E-state index in [9.17, 15) is 4.79 Å². The molecular formula is C17H23ClN2O2S. The second-order valence-corrected chi connectivity index (χ2v) is 6.39. The van der Waals surface area contributed by atoms with Crippen LogP contribution in [0.4, 0.5) is 0 Å². The van der Waals surface area contributed by atoms with Crippen molar-refractivity contribution in [1.82, 2.24) is 5.32 Å². The number of hydrogen-bond donors (Lipinski definition) is 2. The van der Waals surface area contributed by atoms with Gasteiger partial charge in [0.2, 0.25) is 5.91 Å². The topological polar surface area (TPSA) is 64.3 Å². The molecule has 3 N–H and O–H groups in total. The SMILES string of the molecule is COc1ccc(-c2csc(CNC(=O)C(C)C(C)N)c2)cc1.Cl. The lowest BCUT2D eigenvalue weighted by molar-refractivity contribution is -0.125. The van der Waals surface area contributed by atoms with Gasteiger partial charge in [-0.2, -0.15) is 0 Å². The molecule has 0 bridgehead atoms. The highest BCUT2D eigenvalue weighted by molar-refractivity contribution is 7.10. The van der Waals surface area contributed by atoms with E-state index in [1.807, 2.05) is 38.1 Å². The van der Waals surface area contributed by atoms with Crippen LogP contribution in [0, 0.1) is 5.92 Å². The molecular weight excluding hydrogens is 332 g/mol. The number of carbonyl (C=O) groups is 1. The average molecular weight is 355 g/mol. The summed E-state index contributed by atoms with van der Waals surface area (Å²) >= 11 is 1.64. The van der Waals surface area contributed by atoms with E-state index < -0.39 is 0 Å². The summed E-state index contributed by atoms with van der Waals surface area (Å²) in [5.41, 5.74) is 8.03. The third-order valence-electron chi connectivity index (χ3n) is 3.72. The lowest BCUT2D eigenvalue weighted by Gasteiger charge is -2.14. The minimum Gasteiger partial charge on any atom is -0.497 e. The standard InChI is InChI=1S/C17H22N2O2S.ClH/c1-11(12(2)18)17(20)19-9-16-8-14(10-22-16)13-4-6-15(21-3)7-5-13;/h4-8,10-12H,9,18H2,1-3H3,(H,19,20);1H. The Bertz CT molecular complexity index is 626. The van der Waals surface area contributed by atoms with Crippen molar-refractivity contribution in [1.29, 1.82) is 0 Å². The molecule has 2 aromatic rings. The monoisotopic (exact) mass is 354 g/mol. The van der Waals surface area contributed by atoms with Crippen molar-refractivity contribution in [3.05, 3.63) is 40.6 Å². The number of halogens is 1. The Balaban J connectivity index is 0.00000264. The summed E-state index contributed by atoms with van der Waals surface area (Å²) in [5.74, 6) is 0.659. The number of ether oxygens (including phenoxy) is 1. The van der Waals surface area contributed by atoms with Gasteiger partial charge in [-0.15, -0.1) is 23.7 Å². The van der Waals surface area contributed by atoms with Crippen LogP contribution in [0.15, 0.2) is 35.7 Å². The molecule has 1 heterocycles. The van der Waals surface area contributed by atoms with E-state index in [0.29, 0.717) is 6.54 Å². The summed E-state index contributed by atoms with van der Waals surface area (Å²) in [4.78, 5) is 13.0. The molecule has 0 saturated heterocycles. The molecule has 6 heteroatoms. The Morgan fingerprint density at radius 3 is 2.48 bits per heavy atom. The predicted molar refractivity (Wildman–Crippen MR) is 98.2 cm³/mol. The molecule has 4 nitrogen and oxygen atoms in total. The molecule has 23 heavy (non-hydrogen) atoms. The first-order valence-corrected chi connectivity index (χ1v) is 8.14. The van der Waals surface area contributed by atoms with E-state index in [4.69, 9.17) is 10.5 Å². The van der Waals surface area contributed by atoms with Crippen LogP contribution in [0.5, 0.6) is 5.75 Å². The number of amides is 1. The van der Waals surface area contributed by atoms with Crippen LogP contribution in [0.25, 0.3) is 11.1 Å². The van der Waals surface area contributed by atoms with Gasteiger partial charge < -0.3 is 15.8 Å². The fourth-order valence-corrected chi connectivity index (χ4v) is 2.82. The van der Waals surface area contributed by atoms with Crippen LogP contribution in [0.3, 0.4) is 0 Å². The van der Waals surface area contributed by atoms with Crippen LogP contribution in [-0.4, -0.2) is 19.1 Å². The first-order valence-electron chi connectivity index (χ1n) is 7.26. The Kier molecular flexibility index (Phi) is 7.55. The van der Waals surface area contributed by atoms with Crippen molar-refractivity contribution in [2.45, 2.75) is 26.4 Å². The molecule has 1 amide bonds. The highest BCUT2D eigenvalue weighted by atomic mass is 35.5. The summed E-state index contributed by atoms with van der Waals surface area (Å²) in [6.45, 7) is 4.23. The van der Waals surface area contributed by atoms with Gasteiger partial charge in [0.1, 0.15) is 5.75 Å². The largest absolute Gasteiger partial charge is 0.497 e. The van der Waals surface area contributed by atoms with E-state index in [2.05, 4.69) is 16.8 Å². The number of rotatable bonds is 6. The van der Waals surface area contributed by atoms with Crippen molar-refractivity contribution in [2.75, 3.05) is 7.11 Å². The zero-order chi connectivity index (χ0) is 16.1. The normalized spacial score (nSPS) is 12.9. The predicted octanol–water partition coefficient (Wildman–Crippen LogP) is 3.45. The highest BCUT2D eigenvalue weighted by Crippen LogP contribution is 2.27. The molecule has 126 valence electrons. The molecule has 0 spiro atoms. The van der Waals surface area contributed by atoms with Crippen LogP contribution in [0.2, 0.25) is 0 Å². The number of nitrogens with one attached hydrogen (secondary N) is 1. The van der Waals surface area contributed by atoms with Gasteiger partial charge in [0.15, 0.2) is 0 Å². The molecule has 2 unspecified atom stereocenters. The Morgan fingerprint density at radius 1 is 1.26 bits per heavy atom. The van der Waals surface area contributed by atoms with Crippen LogP contribution in [-0.2, 0) is 11.3 Å². The first kappa shape index (κ1) is 19.5. The van der Waals surface area contributed by atoms with Crippen molar-refractivity contribution >= 4 is 29.7 Å². The van der Waals surface area contributed by atoms with Crippen LogP contribution in [0.1, 0.15) is 18.7 Å². The number of benzene rings is 1. The Morgan fingerprint density at radius 2 is 1.91 bits per heavy atom. The lowest BCUT2D eigenvalue weighted by atomic mass is 10.0. The Labute approximate surface area is 147 Å². The van der Waals surface area contributed by atoms with Gasteiger partial charge in [-0.1, -0.05) is 19.1 Å². The van der Waals surface area contributed by atoms with Crippen LogP contribution < -0.4 is 15.8 Å². The number of carbonyl (C=O) groups excluding carboxylic acids is 1. The third kappa shape index (κ3) is 5.23. The van der Waals surface area contributed by atoms with Crippen molar-refractivity contribution in [2.24, 2.45) is 11.7 Å². The summed E-state index contributed by atoms with van der Waals surface area (Å²) in [6, 6.07) is 9.90. The summed E-state index contributed by atoms with van der Waals surface area (Å²) < 4.78 is 5.16. The van der Waals surface area contributed by atoms with Gasteiger partial charge in [-0.05, 0) is 41.6 Å². The fourth-order valence-electron chi connectivity index (χ4n) is 1.98. The summed E-state index contributed by atoms with van der Waals surface area (Å²) in [6.07, 6.45) is 0. The average Bonchev–Trinajstić information content (AvgIpc) is 3.00. The number of methoxy groups -OCH3 is 1. The smallest absolute Gasteiger partial charge is 0.224 e. The quantitative estimate of drug-likeness (QED) is 0.835. The molecule has 0 saturated carbocycles. The number of nitrogens with two attached hydrogens (primary N) is 1. The van der Waals surface area contributed by atoms with Crippen molar-refractivity contribution in [3.63, 3.8) is 0 Å². The molecule has 0 fully saturated rings. The minimum atomic E-state index is -0.180.